The molecular formula is C58H88N8O19S. The first-order chi connectivity index (χ1) is 40.8. The van der Waals surface area contributed by atoms with Gasteiger partial charge in [-0.3, -0.25) is 42.9 Å². The number of β-amino-alcohol motifs (C(OH)–C–C–N with tert-alkyl or cyclic N) is 1. The highest BCUT2D eigenvalue weighted by atomic mass is 32.3. The Balaban J connectivity index is 1.47. The summed E-state index contributed by atoms with van der Waals surface area (Å²) in [5.74, 6) is -10.7. The number of nitrogens with one attached hydrogen (secondary N) is 5. The summed E-state index contributed by atoms with van der Waals surface area (Å²) in [7, 11) is -5.22. The normalized spacial score (nSPS) is 25.7. The summed E-state index contributed by atoms with van der Waals surface area (Å²) in [6, 6.07) is 0.614. The van der Waals surface area contributed by atoms with Crippen LogP contribution >= 0.6 is 0 Å². The number of rotatable bonds is 27. The van der Waals surface area contributed by atoms with Gasteiger partial charge in [-0.15, -0.1) is 0 Å². The van der Waals surface area contributed by atoms with E-state index in [1.807, 2.05) is 0 Å². The van der Waals surface area contributed by atoms with Crippen molar-refractivity contribution < 1.29 is 90.9 Å². The molecule has 3 saturated heterocycles. The van der Waals surface area contributed by atoms with Crippen LogP contribution in [0.25, 0.3) is 0 Å². The summed E-state index contributed by atoms with van der Waals surface area (Å²) in [5.41, 5.74) is 6.03. The fourth-order valence-electron chi connectivity index (χ4n) is 10.9. The lowest BCUT2D eigenvalue weighted by Crippen LogP contribution is -2.64. The molecule has 27 nitrogen and oxygen atoms in total. The summed E-state index contributed by atoms with van der Waals surface area (Å²) >= 11 is 0. The highest BCUT2D eigenvalue weighted by molar-refractivity contribution is 7.81. The van der Waals surface area contributed by atoms with Gasteiger partial charge in [0, 0.05) is 51.2 Å². The molecular weight excluding hydrogens is 1140 g/mol. The molecule has 3 aliphatic rings. The van der Waals surface area contributed by atoms with E-state index in [-0.39, 0.29) is 24.3 Å². The molecule has 0 spiro atoms. The maximum atomic E-state index is 14.7. The van der Waals surface area contributed by atoms with E-state index in [1.54, 1.807) is 30.3 Å². The van der Waals surface area contributed by atoms with Crippen molar-refractivity contribution in [3.05, 3.63) is 59.7 Å². The largest absolute Gasteiger partial charge is 0.485 e. The molecule has 3 fully saturated rings. The van der Waals surface area contributed by atoms with Crippen LogP contribution in [0.5, 0.6) is 11.5 Å². The molecule has 14 N–H and O–H groups in total. The van der Waals surface area contributed by atoms with E-state index in [1.165, 1.54) is 57.6 Å². The average molecular weight is 1230 g/mol. The third-order valence-corrected chi connectivity index (χ3v) is 16.0. The van der Waals surface area contributed by atoms with Crippen molar-refractivity contribution >= 4 is 57.7 Å². The van der Waals surface area contributed by atoms with Crippen molar-refractivity contribution in [1.82, 2.24) is 36.4 Å². The second-order valence-corrected chi connectivity index (χ2v) is 23.8. The molecule has 8 amide bonds. The van der Waals surface area contributed by atoms with E-state index in [2.05, 4.69) is 33.5 Å². The summed E-state index contributed by atoms with van der Waals surface area (Å²) in [4.78, 5) is 114. The number of aliphatic hydroxyl groups is 6. The molecule has 0 saturated carbocycles. The second-order valence-electron chi connectivity index (χ2n) is 22.8. The highest BCUT2D eigenvalue weighted by Gasteiger charge is 2.50. The molecule has 0 unspecified atom stereocenters. The SMILES string of the molecule is CCCCCCCCCCCCCCCC(=O)N[C@H]1C[C@@H](O)CNC(=O)[C@@H]2[C@@H](O)[C@@H](C)CN2C(=O)[C@H]([C@H](O)CC(N)=O)NC(=O)[C@H]([C@H](O)Cc2ccc(OCc3ccccc3)c(OS(=O)(=O)O)c2)NC(=O)[C@@H]2C[C@@H](O)CN2C(=O)[C@H]([C@@H](C)O)NC1=O. The zero-order valence-corrected chi connectivity index (χ0v) is 49.9. The van der Waals surface area contributed by atoms with Crippen molar-refractivity contribution in [3.8, 4) is 11.5 Å². The number of carbonyl (C=O) groups is 8. The van der Waals surface area contributed by atoms with Crippen LogP contribution in [0.1, 0.15) is 141 Å². The predicted molar refractivity (Wildman–Crippen MR) is 309 cm³/mol. The molecule has 480 valence electrons. The second kappa shape index (κ2) is 34.1. The highest BCUT2D eigenvalue weighted by Crippen LogP contribution is 2.32. The van der Waals surface area contributed by atoms with Crippen LogP contribution in [-0.2, 0) is 61.8 Å². The van der Waals surface area contributed by atoms with Gasteiger partial charge in [0.15, 0.2) is 11.5 Å². The summed E-state index contributed by atoms with van der Waals surface area (Å²) in [5, 5.41) is 80.2. The topological polar surface area (TPSA) is 423 Å². The molecule has 2 aromatic carbocycles. The third-order valence-electron chi connectivity index (χ3n) is 15.6. The number of benzene rings is 2. The third kappa shape index (κ3) is 21.7. The first kappa shape index (κ1) is 70.2. The summed E-state index contributed by atoms with van der Waals surface area (Å²) in [6.07, 6.45) is 0.150. The van der Waals surface area contributed by atoms with Crippen LogP contribution in [0.3, 0.4) is 0 Å². The number of unbranched alkanes of at least 4 members (excludes halogenated alkanes) is 12. The Bertz CT molecular complexity index is 2710. The van der Waals surface area contributed by atoms with E-state index in [9.17, 15) is 82.0 Å². The van der Waals surface area contributed by atoms with Crippen LogP contribution in [0.2, 0.25) is 0 Å². The number of hydrogen-bond donors (Lipinski definition) is 13. The van der Waals surface area contributed by atoms with Gasteiger partial charge in [0.05, 0.1) is 43.0 Å². The van der Waals surface area contributed by atoms with Gasteiger partial charge >= 0.3 is 10.4 Å². The molecule has 0 radical (unpaired) electrons. The zero-order valence-electron chi connectivity index (χ0n) is 49.1. The smallest absolute Gasteiger partial charge is 0.446 e. The number of ether oxygens (including phenoxy) is 1. The van der Waals surface area contributed by atoms with Gasteiger partial charge in [-0.1, -0.05) is 127 Å². The van der Waals surface area contributed by atoms with Gasteiger partial charge in [0.1, 0.15) is 42.9 Å². The van der Waals surface area contributed by atoms with Crippen molar-refractivity contribution in [2.24, 2.45) is 11.7 Å². The number of hydrogen-bond acceptors (Lipinski definition) is 18. The molecule has 0 bridgehead atoms. The van der Waals surface area contributed by atoms with Crippen molar-refractivity contribution in [2.75, 3.05) is 19.6 Å². The van der Waals surface area contributed by atoms with E-state index in [0.717, 1.165) is 54.9 Å². The Morgan fingerprint density at radius 2 is 1.29 bits per heavy atom. The van der Waals surface area contributed by atoms with Crippen LogP contribution in [0.15, 0.2) is 48.5 Å². The lowest BCUT2D eigenvalue weighted by Gasteiger charge is -2.33. The quantitative estimate of drug-likeness (QED) is 0.0394. The Labute approximate surface area is 501 Å². The fraction of sp³-hybridized carbons (Fsp3) is 0.655. The number of nitrogens with zero attached hydrogens (tertiary/aromatic N) is 2. The Morgan fingerprint density at radius 1 is 0.698 bits per heavy atom. The number of aliphatic hydroxyl groups excluding tert-OH is 6. The lowest BCUT2D eigenvalue weighted by molar-refractivity contribution is -0.147. The molecule has 86 heavy (non-hydrogen) atoms. The predicted octanol–water partition coefficient (Wildman–Crippen LogP) is -0.561. The Hall–Kier alpha value is -6.53. The molecule has 2 aromatic rings. The van der Waals surface area contributed by atoms with Crippen LogP contribution < -0.4 is 41.2 Å². The van der Waals surface area contributed by atoms with Crippen LogP contribution in [0, 0.1) is 5.92 Å². The number of primary amides is 1. The number of nitrogens with two attached hydrogens (primary N) is 1. The maximum Gasteiger partial charge on any atom is 0.446 e. The van der Waals surface area contributed by atoms with E-state index in [0.29, 0.717) is 18.4 Å². The molecule has 13 atom stereocenters. The van der Waals surface area contributed by atoms with Crippen LogP contribution in [0.4, 0.5) is 0 Å². The Morgan fingerprint density at radius 3 is 1.90 bits per heavy atom. The summed E-state index contributed by atoms with van der Waals surface area (Å²) in [6.45, 7) is 3.04. The molecule has 3 heterocycles. The maximum absolute atomic E-state index is 14.7. The van der Waals surface area contributed by atoms with E-state index >= 15 is 0 Å². The fourth-order valence-corrected chi connectivity index (χ4v) is 11.2. The van der Waals surface area contributed by atoms with Crippen molar-refractivity contribution in [2.45, 2.75) is 216 Å². The van der Waals surface area contributed by atoms with Crippen molar-refractivity contribution in [3.63, 3.8) is 0 Å². The molecule has 3 aliphatic heterocycles. The minimum absolute atomic E-state index is 0.0285. The average Bonchev–Trinajstić information content (AvgIpc) is 3.05. The van der Waals surface area contributed by atoms with Gasteiger partial charge in [0.25, 0.3) is 0 Å². The van der Waals surface area contributed by atoms with E-state index in [4.69, 9.17) is 14.7 Å². The van der Waals surface area contributed by atoms with Gasteiger partial charge in [-0.05, 0) is 36.6 Å². The van der Waals surface area contributed by atoms with Crippen LogP contribution in [-0.4, -0.2) is 193 Å². The number of fused-ring (bicyclic) bond motifs is 2. The summed E-state index contributed by atoms with van der Waals surface area (Å²) < 4.78 is 44.3. The van der Waals surface area contributed by atoms with Gasteiger partial charge in [0.2, 0.25) is 47.3 Å². The zero-order chi connectivity index (χ0) is 63.3. The molecule has 0 aromatic heterocycles. The number of carbonyl (C=O) groups excluding carboxylic acids is 8. The van der Waals surface area contributed by atoms with Gasteiger partial charge in [-0.2, -0.15) is 8.42 Å². The number of amides is 8. The molecule has 5 rings (SSSR count). The first-order valence-corrected chi connectivity index (χ1v) is 31.1. The standard InChI is InChI=1S/C58H88N8O19S/c1-4-5-6-7-8-9-10-11-12-13-14-15-19-22-47(73)61-40-27-38(68)30-60-56(78)51-52(74)34(2)31-66(51)58(80)50(43(71)29-46(59)72)64-55(77)49(63-54(76)41-28-39(69)32-65(41)57(79)48(35(3)67)62-53(40)75)42(70)25-37-23-24-44(45(26-37)85-86(81,82)83)84-33-36-20-17-16-18-21-36/h16-18,20-21,23-24,26,34-35,38-43,48-52,67-71,74H,4-15,19,22,25,27-33H2,1-3H3,(H2,59,72)(H,60,78)(H,61,73)(H,62,75)(H,63,76)(H,64,77)(H,81,82,83)/t34-,35+,38+,39+,40-,41-,42+,43+,48-,49-,50-,51-,52-/m0/s1. The van der Waals surface area contributed by atoms with Gasteiger partial charge in [-0.25, -0.2) is 0 Å². The minimum Gasteiger partial charge on any atom is -0.485 e. The van der Waals surface area contributed by atoms with E-state index < -0.39 is 188 Å². The lowest BCUT2D eigenvalue weighted by atomic mass is 9.98. The monoisotopic (exact) mass is 1230 g/mol. The Kier molecular flexibility index (Phi) is 27.9. The first-order valence-electron chi connectivity index (χ1n) is 29.7. The van der Waals surface area contributed by atoms with Crippen molar-refractivity contribution in [1.29, 1.82) is 0 Å². The molecule has 0 aliphatic carbocycles. The van der Waals surface area contributed by atoms with Gasteiger partial charge < -0.3 is 81.7 Å². The molecule has 28 heteroatoms. The minimum atomic E-state index is -5.22.